The van der Waals surface area contributed by atoms with Gasteiger partial charge < -0.3 is 4.74 Å². The average Bonchev–Trinajstić information content (AvgIpc) is 3.25. The maximum Gasteiger partial charge on any atom is 0.274 e. The van der Waals surface area contributed by atoms with Gasteiger partial charge in [0.2, 0.25) is 0 Å². The van der Waals surface area contributed by atoms with Gasteiger partial charge >= 0.3 is 0 Å². The van der Waals surface area contributed by atoms with Crippen LogP contribution in [0, 0.1) is 3.57 Å². The largest absolute Gasteiger partial charge is 0.487 e. The molecule has 2 heterocycles. The van der Waals surface area contributed by atoms with Crippen LogP contribution < -0.4 is 14.8 Å². The van der Waals surface area contributed by atoms with Crippen molar-refractivity contribution in [2.75, 3.05) is 0 Å². The Bertz CT molecular complexity index is 1520. The Morgan fingerprint density at radius 1 is 1.06 bits per heavy atom. The van der Waals surface area contributed by atoms with Crippen LogP contribution >= 0.6 is 65.8 Å². The lowest BCUT2D eigenvalue weighted by Gasteiger charge is -2.11. The minimum atomic E-state index is -0.0556. The third-order valence-electron chi connectivity index (χ3n) is 4.76. The molecule has 0 spiro atoms. The van der Waals surface area contributed by atoms with E-state index in [-0.39, 0.29) is 5.56 Å². The SMILES string of the molecule is O=c1/c(=C/c2cc(Br)c(OCc3ccc(I)cc3)c(Br)c2)sc2nc3ccccc3n12. The molecule has 0 radical (unpaired) electrons. The monoisotopic (exact) mass is 666 g/mol. The third-order valence-corrected chi connectivity index (χ3v) is 7.63. The van der Waals surface area contributed by atoms with E-state index in [1.807, 2.05) is 42.5 Å². The second kappa shape index (κ2) is 8.65. The summed E-state index contributed by atoms with van der Waals surface area (Å²) in [4.78, 5) is 18.3. The summed E-state index contributed by atoms with van der Waals surface area (Å²) in [5.74, 6) is 0.727. The number of imidazole rings is 1. The van der Waals surface area contributed by atoms with Crippen molar-refractivity contribution < 1.29 is 4.74 Å². The number of ether oxygens (including phenoxy) is 1. The summed E-state index contributed by atoms with van der Waals surface area (Å²) in [6.07, 6.45) is 1.88. The summed E-state index contributed by atoms with van der Waals surface area (Å²) in [7, 11) is 0. The van der Waals surface area contributed by atoms with Crippen molar-refractivity contribution in [3.05, 3.63) is 99.2 Å². The molecule has 0 fully saturated rings. The molecule has 3 aromatic carbocycles. The maximum atomic E-state index is 13.0. The molecule has 0 atom stereocenters. The van der Waals surface area contributed by atoms with Gasteiger partial charge in [-0.1, -0.05) is 35.6 Å². The van der Waals surface area contributed by atoms with Crippen molar-refractivity contribution in [2.45, 2.75) is 6.61 Å². The molecule has 0 saturated heterocycles. The smallest absolute Gasteiger partial charge is 0.274 e. The van der Waals surface area contributed by atoms with Crippen molar-refractivity contribution in [2.24, 2.45) is 0 Å². The van der Waals surface area contributed by atoms with E-state index in [1.165, 1.54) is 14.9 Å². The first kappa shape index (κ1) is 21.1. The van der Waals surface area contributed by atoms with E-state index in [1.54, 1.807) is 4.40 Å². The third kappa shape index (κ3) is 4.18. The number of para-hydroxylation sites is 2. The number of rotatable bonds is 4. The molecule has 8 heteroatoms. The Morgan fingerprint density at radius 3 is 2.52 bits per heavy atom. The molecular weight excluding hydrogens is 655 g/mol. The molecule has 0 aliphatic heterocycles. The first-order valence-corrected chi connectivity index (χ1v) is 12.8. The number of nitrogens with zero attached hydrogens (tertiary/aromatic N) is 2. The van der Waals surface area contributed by atoms with Crippen LogP contribution in [-0.2, 0) is 6.61 Å². The minimum absolute atomic E-state index is 0.0556. The second-order valence-corrected chi connectivity index (χ2v) is 10.8. The first-order valence-electron chi connectivity index (χ1n) is 9.27. The number of hydrogen-bond donors (Lipinski definition) is 0. The Morgan fingerprint density at radius 2 is 1.77 bits per heavy atom. The number of fused-ring (bicyclic) bond motifs is 3. The van der Waals surface area contributed by atoms with E-state index in [9.17, 15) is 4.79 Å². The summed E-state index contributed by atoms with van der Waals surface area (Å²) in [5.41, 5.74) is 3.60. The fraction of sp³-hybridized carbons (Fsp3) is 0.0435. The molecule has 0 unspecified atom stereocenters. The summed E-state index contributed by atoms with van der Waals surface area (Å²) in [6, 6.07) is 19.8. The lowest BCUT2D eigenvalue weighted by molar-refractivity contribution is 0.302. The van der Waals surface area contributed by atoms with E-state index in [0.717, 1.165) is 36.9 Å². The standard InChI is InChI=1S/C23H13Br2IN2O2S/c24-16-9-14(10-17(25)21(16)30-12-13-5-7-15(26)8-6-13)11-20-22(29)28-19-4-2-1-3-18(19)27-23(28)31-20/h1-11H,12H2/b20-11-. The quantitative estimate of drug-likeness (QED) is 0.216. The van der Waals surface area contributed by atoms with E-state index in [0.29, 0.717) is 16.1 Å². The molecule has 154 valence electrons. The summed E-state index contributed by atoms with van der Waals surface area (Å²) in [5, 5.41) is 0. The summed E-state index contributed by atoms with van der Waals surface area (Å²) in [6.45, 7) is 0.469. The van der Waals surface area contributed by atoms with Crippen molar-refractivity contribution in [3.8, 4) is 5.75 Å². The topological polar surface area (TPSA) is 43.6 Å². The lowest BCUT2D eigenvalue weighted by atomic mass is 10.2. The van der Waals surface area contributed by atoms with Crippen molar-refractivity contribution in [1.29, 1.82) is 0 Å². The van der Waals surface area contributed by atoms with Gasteiger partial charge in [0.25, 0.3) is 5.56 Å². The molecule has 0 aliphatic rings. The van der Waals surface area contributed by atoms with Gasteiger partial charge in [0.1, 0.15) is 12.4 Å². The van der Waals surface area contributed by atoms with Crippen LogP contribution in [0.2, 0.25) is 0 Å². The molecule has 31 heavy (non-hydrogen) atoms. The van der Waals surface area contributed by atoms with Crippen LogP contribution in [-0.4, -0.2) is 9.38 Å². The second-order valence-electron chi connectivity index (χ2n) is 6.86. The van der Waals surface area contributed by atoms with Crippen LogP contribution in [0.4, 0.5) is 0 Å². The van der Waals surface area contributed by atoms with Crippen molar-refractivity contribution in [3.63, 3.8) is 0 Å². The molecule has 2 aromatic heterocycles. The fourth-order valence-electron chi connectivity index (χ4n) is 3.30. The number of benzene rings is 3. The summed E-state index contributed by atoms with van der Waals surface area (Å²) >= 11 is 10.9. The van der Waals surface area contributed by atoms with Crippen molar-refractivity contribution in [1.82, 2.24) is 9.38 Å². The van der Waals surface area contributed by atoms with Gasteiger partial charge in [-0.15, -0.1) is 0 Å². The van der Waals surface area contributed by atoms with E-state index in [4.69, 9.17) is 4.74 Å². The van der Waals surface area contributed by atoms with Gasteiger partial charge in [0, 0.05) is 3.57 Å². The van der Waals surface area contributed by atoms with Gasteiger partial charge in [0.05, 0.1) is 24.5 Å². The minimum Gasteiger partial charge on any atom is -0.487 e. The van der Waals surface area contributed by atoms with Crippen LogP contribution in [0.3, 0.4) is 0 Å². The Hall–Kier alpha value is -1.75. The van der Waals surface area contributed by atoms with Crippen molar-refractivity contribution >= 4 is 87.9 Å². The number of thiazole rings is 1. The fourth-order valence-corrected chi connectivity index (χ4v) is 6.10. The highest BCUT2D eigenvalue weighted by Gasteiger charge is 2.12. The lowest BCUT2D eigenvalue weighted by Crippen LogP contribution is -2.22. The van der Waals surface area contributed by atoms with Crippen LogP contribution in [0.15, 0.2) is 74.4 Å². The Kier molecular flexibility index (Phi) is 5.89. The van der Waals surface area contributed by atoms with Gasteiger partial charge in [-0.05, 0) is 108 Å². The number of aromatic nitrogens is 2. The maximum absolute atomic E-state index is 13.0. The highest BCUT2D eigenvalue weighted by molar-refractivity contribution is 14.1. The molecular formula is C23H13Br2IN2O2S. The average molecular weight is 668 g/mol. The summed E-state index contributed by atoms with van der Waals surface area (Å²) < 4.78 is 11.2. The molecule has 5 aromatic rings. The Balaban J connectivity index is 1.48. The van der Waals surface area contributed by atoms with E-state index in [2.05, 4.69) is 83.7 Å². The van der Waals surface area contributed by atoms with Gasteiger partial charge in [-0.2, -0.15) is 0 Å². The first-order chi connectivity index (χ1) is 15.0. The van der Waals surface area contributed by atoms with E-state index < -0.39 is 0 Å². The highest BCUT2D eigenvalue weighted by Crippen LogP contribution is 2.35. The van der Waals surface area contributed by atoms with Gasteiger partial charge in [-0.3, -0.25) is 4.79 Å². The molecule has 0 aliphatic carbocycles. The molecule has 0 bridgehead atoms. The molecule has 4 nitrogen and oxygen atoms in total. The van der Waals surface area contributed by atoms with Crippen LogP contribution in [0.25, 0.3) is 22.1 Å². The molecule has 5 rings (SSSR count). The zero-order valence-electron chi connectivity index (χ0n) is 15.8. The Labute approximate surface area is 212 Å². The number of halogens is 3. The van der Waals surface area contributed by atoms with Gasteiger partial charge in [0.15, 0.2) is 4.96 Å². The normalized spacial score (nSPS) is 12.2. The zero-order chi connectivity index (χ0) is 21.5. The molecule has 0 N–H and O–H groups in total. The highest BCUT2D eigenvalue weighted by atomic mass is 127. The van der Waals surface area contributed by atoms with Crippen LogP contribution in [0.1, 0.15) is 11.1 Å². The van der Waals surface area contributed by atoms with Gasteiger partial charge in [-0.25, -0.2) is 9.38 Å². The predicted octanol–water partition coefficient (Wildman–Crippen LogP) is 6.17. The van der Waals surface area contributed by atoms with E-state index >= 15 is 0 Å². The number of hydrogen-bond acceptors (Lipinski definition) is 4. The van der Waals surface area contributed by atoms with Crippen LogP contribution in [0.5, 0.6) is 5.75 Å². The molecule has 0 saturated carbocycles. The molecule has 0 amide bonds. The predicted molar refractivity (Wildman–Crippen MR) is 141 cm³/mol. The zero-order valence-corrected chi connectivity index (χ0v) is 22.0.